The van der Waals surface area contributed by atoms with Crippen LogP contribution < -0.4 is 11.1 Å². The largest absolute Gasteiger partial charge is 0.383 e. The van der Waals surface area contributed by atoms with Crippen molar-refractivity contribution in [2.45, 2.75) is 13.0 Å². The number of nitrogens with zero attached hydrogens (tertiary/aromatic N) is 3. The van der Waals surface area contributed by atoms with E-state index in [9.17, 15) is 9.59 Å². The molecule has 1 aromatic carbocycles. The van der Waals surface area contributed by atoms with E-state index in [4.69, 9.17) is 10.5 Å². The summed E-state index contributed by atoms with van der Waals surface area (Å²) < 4.78 is 6.51. The zero-order chi connectivity index (χ0) is 18.7. The molecule has 26 heavy (non-hydrogen) atoms. The smallest absolute Gasteiger partial charge is 0.271 e. The lowest BCUT2D eigenvalue weighted by atomic mass is 10.1. The first-order chi connectivity index (χ1) is 12.5. The molecule has 2 amide bonds. The van der Waals surface area contributed by atoms with Crippen molar-refractivity contribution >= 4 is 17.5 Å². The molecule has 2 heterocycles. The van der Waals surface area contributed by atoms with Crippen molar-refractivity contribution in [3.8, 4) is 11.3 Å². The quantitative estimate of drug-likeness (QED) is 0.693. The number of benzene rings is 1. The molecule has 3 N–H and O–H groups in total. The molecule has 0 saturated carbocycles. The highest BCUT2D eigenvalue weighted by molar-refractivity contribution is 5.99. The Morgan fingerprint density at radius 1 is 1.31 bits per heavy atom. The molecule has 0 aliphatic rings. The Morgan fingerprint density at radius 2 is 2.04 bits per heavy atom. The molecule has 134 valence electrons. The summed E-state index contributed by atoms with van der Waals surface area (Å²) in [5.74, 6) is -1.03. The second-order valence-corrected chi connectivity index (χ2v) is 5.87. The molecule has 2 aromatic heterocycles. The van der Waals surface area contributed by atoms with Crippen LogP contribution >= 0.6 is 0 Å². The standard InChI is InChI=1S/C18H19N5O3/c1-11(9-26-2)21-18(25)14-8-13(12-6-4-3-5-7-12)22-17-15(16(19)24)20-10-23(14)17/h3-8,10-11H,9H2,1-2H3,(H2,19,24)(H,21,25). The Kier molecular flexibility index (Phi) is 4.94. The monoisotopic (exact) mass is 353 g/mol. The third kappa shape index (κ3) is 3.40. The summed E-state index contributed by atoms with van der Waals surface area (Å²) in [4.78, 5) is 32.9. The zero-order valence-electron chi connectivity index (χ0n) is 14.5. The fraction of sp³-hybridized carbons (Fsp3) is 0.222. The zero-order valence-corrected chi connectivity index (χ0v) is 14.5. The molecule has 0 aliphatic carbocycles. The third-order valence-corrected chi connectivity index (χ3v) is 3.83. The van der Waals surface area contributed by atoms with Crippen LogP contribution in [0.15, 0.2) is 42.7 Å². The molecule has 8 nitrogen and oxygen atoms in total. The van der Waals surface area contributed by atoms with Crippen molar-refractivity contribution in [2.24, 2.45) is 5.73 Å². The number of rotatable bonds is 6. The van der Waals surface area contributed by atoms with Gasteiger partial charge < -0.3 is 15.8 Å². The number of carbonyl (C=O) groups is 2. The third-order valence-electron chi connectivity index (χ3n) is 3.83. The number of carbonyl (C=O) groups excluding carboxylic acids is 2. The second-order valence-electron chi connectivity index (χ2n) is 5.87. The first-order valence-corrected chi connectivity index (χ1v) is 8.04. The van der Waals surface area contributed by atoms with E-state index in [1.807, 2.05) is 37.3 Å². The van der Waals surface area contributed by atoms with Gasteiger partial charge in [-0.25, -0.2) is 9.97 Å². The van der Waals surface area contributed by atoms with Crippen LogP contribution in [0.4, 0.5) is 0 Å². The number of fused-ring (bicyclic) bond motifs is 1. The summed E-state index contributed by atoms with van der Waals surface area (Å²) in [6.07, 6.45) is 1.37. The number of ether oxygens (including phenoxy) is 1. The van der Waals surface area contributed by atoms with E-state index < -0.39 is 5.91 Å². The molecular weight excluding hydrogens is 334 g/mol. The number of imidazole rings is 1. The van der Waals surface area contributed by atoms with E-state index in [0.717, 1.165) is 5.56 Å². The minimum Gasteiger partial charge on any atom is -0.383 e. The van der Waals surface area contributed by atoms with Gasteiger partial charge in [0.25, 0.3) is 11.8 Å². The van der Waals surface area contributed by atoms with Crippen molar-refractivity contribution in [1.82, 2.24) is 19.7 Å². The topological polar surface area (TPSA) is 112 Å². The van der Waals surface area contributed by atoms with Crippen LogP contribution in [0.3, 0.4) is 0 Å². The number of primary amides is 1. The number of nitrogens with one attached hydrogen (secondary N) is 1. The van der Waals surface area contributed by atoms with E-state index in [1.165, 1.54) is 10.7 Å². The van der Waals surface area contributed by atoms with Crippen LogP contribution in [0.25, 0.3) is 16.9 Å². The summed E-state index contributed by atoms with van der Waals surface area (Å²) >= 11 is 0. The number of hydrogen-bond donors (Lipinski definition) is 2. The molecule has 3 rings (SSSR count). The average molecular weight is 353 g/mol. The summed E-state index contributed by atoms with van der Waals surface area (Å²) in [6, 6.07) is 10.8. The highest BCUT2D eigenvalue weighted by Crippen LogP contribution is 2.21. The van der Waals surface area contributed by atoms with Gasteiger partial charge in [-0.1, -0.05) is 30.3 Å². The maximum absolute atomic E-state index is 12.7. The lowest BCUT2D eigenvalue weighted by Gasteiger charge is -2.14. The van der Waals surface area contributed by atoms with Gasteiger partial charge in [-0.05, 0) is 13.0 Å². The normalized spacial score (nSPS) is 12.1. The van der Waals surface area contributed by atoms with Gasteiger partial charge in [0, 0.05) is 18.7 Å². The summed E-state index contributed by atoms with van der Waals surface area (Å²) in [5.41, 5.74) is 7.30. The predicted molar refractivity (Wildman–Crippen MR) is 95.7 cm³/mol. The number of methoxy groups -OCH3 is 1. The Morgan fingerprint density at radius 3 is 2.69 bits per heavy atom. The maximum atomic E-state index is 12.7. The van der Waals surface area contributed by atoms with E-state index in [2.05, 4.69) is 15.3 Å². The van der Waals surface area contributed by atoms with Gasteiger partial charge in [-0.3, -0.25) is 14.0 Å². The predicted octanol–water partition coefficient (Wildman–Crippen LogP) is 1.26. The Balaban J connectivity index is 2.14. The van der Waals surface area contributed by atoms with Crippen molar-refractivity contribution in [2.75, 3.05) is 13.7 Å². The number of hydrogen-bond acceptors (Lipinski definition) is 5. The van der Waals surface area contributed by atoms with Crippen LogP contribution in [0.5, 0.6) is 0 Å². The van der Waals surface area contributed by atoms with Crippen LogP contribution in [-0.2, 0) is 4.74 Å². The highest BCUT2D eigenvalue weighted by atomic mass is 16.5. The van der Waals surface area contributed by atoms with Gasteiger partial charge in [-0.2, -0.15) is 0 Å². The lowest BCUT2D eigenvalue weighted by molar-refractivity contribution is 0.0898. The molecule has 3 aromatic rings. The summed E-state index contributed by atoms with van der Waals surface area (Å²) in [7, 11) is 1.57. The van der Waals surface area contributed by atoms with Crippen LogP contribution in [-0.4, -0.2) is 45.9 Å². The molecule has 1 unspecified atom stereocenters. The molecule has 0 radical (unpaired) electrons. The van der Waals surface area contributed by atoms with Gasteiger partial charge in [0.05, 0.1) is 12.3 Å². The molecule has 1 atom stereocenters. The fourth-order valence-electron chi connectivity index (χ4n) is 2.67. The van der Waals surface area contributed by atoms with E-state index in [1.54, 1.807) is 13.2 Å². The van der Waals surface area contributed by atoms with Crippen molar-refractivity contribution in [3.05, 3.63) is 54.1 Å². The molecular formula is C18H19N5O3. The van der Waals surface area contributed by atoms with Gasteiger partial charge in [0.1, 0.15) is 12.0 Å². The van der Waals surface area contributed by atoms with Crippen molar-refractivity contribution < 1.29 is 14.3 Å². The van der Waals surface area contributed by atoms with Crippen molar-refractivity contribution in [1.29, 1.82) is 0 Å². The average Bonchev–Trinajstić information content (AvgIpc) is 3.06. The first-order valence-electron chi connectivity index (χ1n) is 8.04. The molecule has 0 spiro atoms. The van der Waals surface area contributed by atoms with Gasteiger partial charge in [0.15, 0.2) is 11.3 Å². The Bertz CT molecular complexity index is 952. The van der Waals surface area contributed by atoms with E-state index in [0.29, 0.717) is 18.0 Å². The first kappa shape index (κ1) is 17.6. The summed E-state index contributed by atoms with van der Waals surface area (Å²) in [6.45, 7) is 2.21. The molecule has 0 fully saturated rings. The number of aromatic nitrogens is 3. The Labute approximate surface area is 150 Å². The molecule has 0 aliphatic heterocycles. The second kappa shape index (κ2) is 7.32. The van der Waals surface area contributed by atoms with Crippen molar-refractivity contribution in [3.63, 3.8) is 0 Å². The number of nitrogens with two attached hydrogens (primary N) is 1. The minimum atomic E-state index is -0.704. The maximum Gasteiger partial charge on any atom is 0.271 e. The van der Waals surface area contributed by atoms with Crippen LogP contribution in [0, 0.1) is 0 Å². The molecule has 0 bridgehead atoms. The SMILES string of the molecule is COCC(C)NC(=O)c1cc(-c2ccccc2)nc2c(C(N)=O)ncn12. The van der Waals surface area contributed by atoms with E-state index >= 15 is 0 Å². The fourth-order valence-corrected chi connectivity index (χ4v) is 2.67. The molecule has 8 heteroatoms. The van der Waals surface area contributed by atoms with Gasteiger partial charge >= 0.3 is 0 Å². The summed E-state index contributed by atoms with van der Waals surface area (Å²) in [5, 5.41) is 2.85. The van der Waals surface area contributed by atoms with Crippen LogP contribution in [0.2, 0.25) is 0 Å². The Hall–Kier alpha value is -3.26. The lowest BCUT2D eigenvalue weighted by Crippen LogP contribution is -2.36. The highest BCUT2D eigenvalue weighted by Gasteiger charge is 2.20. The van der Waals surface area contributed by atoms with Gasteiger partial charge in [0.2, 0.25) is 0 Å². The van der Waals surface area contributed by atoms with Crippen LogP contribution in [0.1, 0.15) is 27.9 Å². The van der Waals surface area contributed by atoms with E-state index in [-0.39, 0.29) is 23.3 Å². The molecule has 0 saturated heterocycles. The minimum absolute atomic E-state index is 0.0155. The van der Waals surface area contributed by atoms with Gasteiger partial charge in [-0.15, -0.1) is 0 Å². The number of amides is 2.